The fraction of sp³-hybridized carbons (Fsp3) is 0.286. The summed E-state index contributed by atoms with van der Waals surface area (Å²) in [7, 11) is -4.28. The molecule has 1 N–H and O–H groups in total. The Morgan fingerprint density at radius 1 is 0.974 bits per heavy atom. The number of amides is 2. The molecule has 0 aliphatic heterocycles. The molecule has 0 spiro atoms. The smallest absolute Gasteiger partial charge is 0.264 e. The predicted octanol–water partition coefficient (Wildman–Crippen LogP) is 5.66. The second kappa shape index (κ2) is 13.8. The number of nitrogens with one attached hydrogen (secondary N) is 1. The van der Waals surface area contributed by atoms with Gasteiger partial charge in [-0.25, -0.2) is 12.8 Å². The summed E-state index contributed by atoms with van der Waals surface area (Å²) in [5.41, 5.74) is 0.583. The van der Waals surface area contributed by atoms with E-state index in [4.69, 9.17) is 23.2 Å². The van der Waals surface area contributed by atoms with Crippen molar-refractivity contribution in [3.8, 4) is 0 Å². The lowest BCUT2D eigenvalue weighted by atomic mass is 10.1. The highest BCUT2D eigenvalue weighted by atomic mass is 35.5. The zero-order chi connectivity index (χ0) is 28.6. The van der Waals surface area contributed by atoms with Gasteiger partial charge < -0.3 is 10.2 Å². The van der Waals surface area contributed by atoms with E-state index in [2.05, 4.69) is 5.32 Å². The minimum atomic E-state index is -4.28. The lowest BCUT2D eigenvalue weighted by Crippen LogP contribution is -2.51. The Kier molecular flexibility index (Phi) is 10.7. The minimum Gasteiger partial charge on any atom is -0.354 e. The Bertz CT molecular complexity index is 1410. The van der Waals surface area contributed by atoms with E-state index in [-0.39, 0.29) is 28.1 Å². The van der Waals surface area contributed by atoms with Crippen LogP contribution in [-0.4, -0.2) is 44.3 Å². The van der Waals surface area contributed by atoms with Gasteiger partial charge in [0.2, 0.25) is 11.8 Å². The molecule has 0 unspecified atom stereocenters. The van der Waals surface area contributed by atoms with Gasteiger partial charge in [0.05, 0.1) is 15.6 Å². The maximum absolute atomic E-state index is 13.9. The number of carbonyl (C=O) groups is 2. The molecule has 0 saturated heterocycles. The lowest BCUT2D eigenvalue weighted by molar-refractivity contribution is -0.139. The molecule has 0 aliphatic carbocycles. The molecule has 11 heteroatoms. The van der Waals surface area contributed by atoms with E-state index >= 15 is 0 Å². The molecule has 0 fully saturated rings. The normalized spacial score (nSPS) is 12.0. The molecule has 208 valence electrons. The summed E-state index contributed by atoms with van der Waals surface area (Å²) in [6, 6.07) is 16.9. The Labute approximate surface area is 238 Å². The highest BCUT2D eigenvalue weighted by Crippen LogP contribution is 2.28. The number of rotatable bonds is 12. The van der Waals surface area contributed by atoms with Crippen LogP contribution in [0.1, 0.15) is 32.3 Å². The van der Waals surface area contributed by atoms with Gasteiger partial charge in [-0.2, -0.15) is 0 Å². The van der Waals surface area contributed by atoms with Crippen LogP contribution in [0.3, 0.4) is 0 Å². The number of nitrogens with zero attached hydrogens (tertiary/aromatic N) is 2. The molecule has 3 rings (SSSR count). The van der Waals surface area contributed by atoms with E-state index < -0.39 is 34.3 Å². The molecule has 7 nitrogen and oxygen atoms in total. The quantitative estimate of drug-likeness (QED) is 0.274. The summed E-state index contributed by atoms with van der Waals surface area (Å²) in [6.07, 6.45) is 1.65. The van der Waals surface area contributed by atoms with E-state index in [1.54, 1.807) is 49.4 Å². The van der Waals surface area contributed by atoms with Crippen LogP contribution in [0.5, 0.6) is 0 Å². The van der Waals surface area contributed by atoms with Crippen LogP contribution in [0, 0.1) is 5.82 Å². The number of carbonyl (C=O) groups excluding carboxylic acids is 2. The fourth-order valence-corrected chi connectivity index (χ4v) is 5.61. The largest absolute Gasteiger partial charge is 0.354 e. The van der Waals surface area contributed by atoms with Gasteiger partial charge in [0, 0.05) is 18.1 Å². The van der Waals surface area contributed by atoms with Crippen molar-refractivity contribution in [3.63, 3.8) is 0 Å². The van der Waals surface area contributed by atoms with Crippen LogP contribution >= 0.6 is 23.2 Å². The predicted molar refractivity (Wildman–Crippen MR) is 152 cm³/mol. The van der Waals surface area contributed by atoms with E-state index in [1.165, 1.54) is 23.1 Å². The monoisotopic (exact) mass is 593 g/mol. The van der Waals surface area contributed by atoms with Crippen LogP contribution in [0.2, 0.25) is 10.0 Å². The molecule has 0 bridgehead atoms. The fourth-order valence-electron chi connectivity index (χ4n) is 3.82. The van der Waals surface area contributed by atoms with Crippen molar-refractivity contribution in [2.75, 3.05) is 17.4 Å². The Balaban J connectivity index is 2.02. The van der Waals surface area contributed by atoms with E-state index in [0.29, 0.717) is 17.1 Å². The number of sulfonamides is 1. The van der Waals surface area contributed by atoms with Crippen LogP contribution in [-0.2, 0) is 26.2 Å². The van der Waals surface area contributed by atoms with Crippen molar-refractivity contribution < 1.29 is 22.4 Å². The lowest BCUT2D eigenvalue weighted by Gasteiger charge is -2.32. The van der Waals surface area contributed by atoms with Gasteiger partial charge in [0.25, 0.3) is 10.0 Å². The van der Waals surface area contributed by atoms with Gasteiger partial charge in [-0.15, -0.1) is 0 Å². The van der Waals surface area contributed by atoms with Gasteiger partial charge in [-0.1, -0.05) is 72.9 Å². The van der Waals surface area contributed by atoms with Crippen molar-refractivity contribution in [2.24, 2.45) is 0 Å². The first-order valence-corrected chi connectivity index (χ1v) is 14.6. The number of anilines is 1. The Morgan fingerprint density at radius 2 is 1.64 bits per heavy atom. The second-order valence-electron chi connectivity index (χ2n) is 8.86. The molecule has 2 amide bonds. The van der Waals surface area contributed by atoms with Gasteiger partial charge in [-0.05, 0) is 55.3 Å². The number of halogens is 3. The highest BCUT2D eigenvalue weighted by Gasteiger charge is 2.33. The first-order valence-electron chi connectivity index (χ1n) is 12.4. The number of hydrogen-bond acceptors (Lipinski definition) is 4. The van der Waals surface area contributed by atoms with E-state index in [0.717, 1.165) is 29.3 Å². The third kappa shape index (κ3) is 7.71. The molecule has 39 heavy (non-hydrogen) atoms. The molecule has 0 saturated carbocycles. The number of unbranched alkanes of at least 4 members (excludes halogenated alkanes) is 1. The number of hydrogen-bond donors (Lipinski definition) is 1. The van der Waals surface area contributed by atoms with Crippen LogP contribution in [0.15, 0.2) is 77.7 Å². The van der Waals surface area contributed by atoms with Gasteiger partial charge in [0.1, 0.15) is 18.4 Å². The zero-order valence-corrected chi connectivity index (χ0v) is 23.9. The second-order valence-corrected chi connectivity index (χ2v) is 11.5. The van der Waals surface area contributed by atoms with Crippen LogP contribution in [0.4, 0.5) is 10.1 Å². The summed E-state index contributed by atoms with van der Waals surface area (Å²) < 4.78 is 42.2. The molecular weight excluding hydrogens is 564 g/mol. The Morgan fingerprint density at radius 3 is 2.28 bits per heavy atom. The first kappa shape index (κ1) is 30.4. The van der Waals surface area contributed by atoms with Crippen LogP contribution < -0.4 is 9.62 Å². The molecule has 0 heterocycles. The first-order chi connectivity index (χ1) is 18.6. The topological polar surface area (TPSA) is 86.8 Å². The average molecular weight is 595 g/mol. The van der Waals surface area contributed by atoms with E-state index in [9.17, 15) is 22.4 Å². The average Bonchev–Trinajstić information content (AvgIpc) is 2.92. The van der Waals surface area contributed by atoms with Crippen molar-refractivity contribution in [1.29, 1.82) is 0 Å². The van der Waals surface area contributed by atoms with Crippen molar-refractivity contribution >= 4 is 50.7 Å². The van der Waals surface area contributed by atoms with E-state index in [1.807, 2.05) is 6.92 Å². The third-order valence-electron chi connectivity index (χ3n) is 6.10. The molecule has 0 aromatic heterocycles. The summed E-state index contributed by atoms with van der Waals surface area (Å²) in [5, 5.41) is 2.91. The van der Waals surface area contributed by atoms with Gasteiger partial charge in [-0.3, -0.25) is 13.9 Å². The Hall–Kier alpha value is -3.14. The number of benzene rings is 3. The highest BCUT2D eigenvalue weighted by molar-refractivity contribution is 7.92. The standard InChI is InChI=1S/C28H30Cl2FN3O4S/c1-3-4-16-32-28(36)20(2)33(18-21-10-8-9-13-24(21)29)27(35)19-34(22-14-15-26(31)25(30)17-22)39(37,38)23-11-6-5-7-12-23/h5-15,17,20H,3-4,16,18-19H2,1-2H3,(H,32,36)/t20-/m1/s1. The maximum Gasteiger partial charge on any atom is 0.264 e. The van der Waals surface area contributed by atoms with Crippen LogP contribution in [0.25, 0.3) is 0 Å². The molecule has 3 aromatic carbocycles. The third-order valence-corrected chi connectivity index (χ3v) is 8.54. The minimum absolute atomic E-state index is 0.00338. The van der Waals surface area contributed by atoms with Gasteiger partial charge >= 0.3 is 0 Å². The molecule has 1 atom stereocenters. The summed E-state index contributed by atoms with van der Waals surface area (Å²) in [6.45, 7) is 3.30. The SMILES string of the molecule is CCCCNC(=O)[C@@H](C)N(Cc1ccccc1Cl)C(=O)CN(c1ccc(F)c(Cl)c1)S(=O)(=O)c1ccccc1. The summed E-state index contributed by atoms with van der Waals surface area (Å²) in [4.78, 5) is 28.0. The summed E-state index contributed by atoms with van der Waals surface area (Å²) >= 11 is 12.3. The summed E-state index contributed by atoms with van der Waals surface area (Å²) in [5.74, 6) is -1.78. The maximum atomic E-state index is 13.9. The molecule has 0 radical (unpaired) electrons. The molecule has 0 aliphatic rings. The molecular formula is C28H30Cl2FN3O4S. The van der Waals surface area contributed by atoms with Crippen molar-refractivity contribution in [1.82, 2.24) is 10.2 Å². The van der Waals surface area contributed by atoms with Crippen molar-refractivity contribution in [2.45, 2.75) is 44.2 Å². The zero-order valence-electron chi connectivity index (χ0n) is 21.6. The van der Waals surface area contributed by atoms with Crippen molar-refractivity contribution in [3.05, 3.63) is 94.2 Å². The molecule has 3 aromatic rings. The van der Waals surface area contributed by atoms with Gasteiger partial charge in [0.15, 0.2) is 0 Å².